The molecule has 0 saturated heterocycles. The predicted molar refractivity (Wildman–Crippen MR) is 114 cm³/mol. The van der Waals surface area contributed by atoms with Crippen molar-refractivity contribution in [3.05, 3.63) is 89.0 Å². The lowest BCUT2D eigenvalue weighted by molar-refractivity contribution is 0.589. The molecular formula is C25H29N. The number of hydrogen-bond acceptors (Lipinski definition) is 1. The van der Waals surface area contributed by atoms with Gasteiger partial charge in [-0.25, -0.2) is 0 Å². The van der Waals surface area contributed by atoms with Crippen LogP contribution in [0, 0.1) is 20.8 Å². The Kier molecular flexibility index (Phi) is 4.91. The van der Waals surface area contributed by atoms with E-state index in [-0.39, 0.29) is 5.41 Å². The van der Waals surface area contributed by atoms with Crippen molar-refractivity contribution in [1.29, 1.82) is 0 Å². The van der Waals surface area contributed by atoms with E-state index in [9.17, 15) is 0 Å². The monoisotopic (exact) mass is 343 g/mol. The van der Waals surface area contributed by atoms with Gasteiger partial charge in [0.15, 0.2) is 0 Å². The molecule has 0 saturated carbocycles. The Balaban J connectivity index is 2.21. The molecular weight excluding hydrogens is 314 g/mol. The van der Waals surface area contributed by atoms with Crippen molar-refractivity contribution in [2.24, 2.45) is 0 Å². The second-order valence-corrected chi connectivity index (χ2v) is 8.22. The smallest absolute Gasteiger partial charge is 0.0520 e. The van der Waals surface area contributed by atoms with Gasteiger partial charge in [0.1, 0.15) is 0 Å². The van der Waals surface area contributed by atoms with Crippen LogP contribution in [0.3, 0.4) is 0 Å². The third kappa shape index (κ3) is 3.67. The van der Waals surface area contributed by atoms with E-state index in [1.807, 2.05) is 0 Å². The van der Waals surface area contributed by atoms with E-state index in [1.165, 1.54) is 39.3 Å². The van der Waals surface area contributed by atoms with Gasteiger partial charge in [0.2, 0.25) is 0 Å². The summed E-state index contributed by atoms with van der Waals surface area (Å²) in [5.74, 6) is 0. The van der Waals surface area contributed by atoms with Crippen molar-refractivity contribution in [1.82, 2.24) is 0 Å². The standard InChI is InChI=1S/C25H29N/c1-18-12-14-23(15-13-18)26(22-10-8-7-9-11-22)24-19(2)16-21(17-20(24)3)25(4,5)6/h7-17H,1-6H3. The average Bonchev–Trinajstić information content (AvgIpc) is 2.59. The topological polar surface area (TPSA) is 3.24 Å². The zero-order chi connectivity index (χ0) is 18.9. The molecule has 134 valence electrons. The molecule has 3 aromatic rings. The van der Waals surface area contributed by atoms with Crippen LogP contribution in [0.25, 0.3) is 0 Å². The molecule has 0 heterocycles. The maximum absolute atomic E-state index is 2.37. The normalized spacial score (nSPS) is 11.5. The lowest BCUT2D eigenvalue weighted by atomic mass is 9.84. The molecule has 0 spiro atoms. The Morgan fingerprint density at radius 2 is 1.15 bits per heavy atom. The van der Waals surface area contributed by atoms with Crippen molar-refractivity contribution >= 4 is 17.1 Å². The van der Waals surface area contributed by atoms with Gasteiger partial charge in [0.25, 0.3) is 0 Å². The number of benzene rings is 3. The molecule has 0 aliphatic rings. The minimum absolute atomic E-state index is 0.148. The quantitative estimate of drug-likeness (QED) is 0.479. The maximum Gasteiger partial charge on any atom is 0.0520 e. The van der Waals surface area contributed by atoms with E-state index < -0.39 is 0 Å². The van der Waals surface area contributed by atoms with Crippen LogP contribution >= 0.6 is 0 Å². The van der Waals surface area contributed by atoms with E-state index in [4.69, 9.17) is 0 Å². The van der Waals surface area contributed by atoms with Gasteiger partial charge in [-0.1, -0.05) is 68.8 Å². The number of nitrogens with zero attached hydrogens (tertiary/aromatic N) is 1. The summed E-state index contributed by atoms with van der Waals surface area (Å²) in [5.41, 5.74) is 9.07. The Labute approximate surface area is 158 Å². The summed E-state index contributed by atoms with van der Waals surface area (Å²) < 4.78 is 0. The third-order valence-electron chi connectivity index (χ3n) is 4.89. The number of anilines is 3. The van der Waals surface area contributed by atoms with Crippen LogP contribution in [0.15, 0.2) is 66.7 Å². The molecule has 0 N–H and O–H groups in total. The lowest BCUT2D eigenvalue weighted by Gasteiger charge is -2.30. The van der Waals surface area contributed by atoms with Gasteiger partial charge >= 0.3 is 0 Å². The highest BCUT2D eigenvalue weighted by Crippen LogP contribution is 2.40. The first-order valence-corrected chi connectivity index (χ1v) is 9.31. The zero-order valence-electron chi connectivity index (χ0n) is 16.8. The van der Waals surface area contributed by atoms with Gasteiger partial charge in [-0.3, -0.25) is 0 Å². The van der Waals surface area contributed by atoms with Crippen molar-refractivity contribution in [2.45, 2.75) is 47.0 Å². The minimum atomic E-state index is 0.148. The molecule has 0 aromatic heterocycles. The van der Waals surface area contributed by atoms with Gasteiger partial charge in [0.05, 0.1) is 5.69 Å². The van der Waals surface area contributed by atoms with Crippen LogP contribution in [-0.2, 0) is 5.41 Å². The molecule has 0 aliphatic heterocycles. The van der Waals surface area contributed by atoms with Gasteiger partial charge in [0, 0.05) is 11.4 Å². The van der Waals surface area contributed by atoms with Crippen LogP contribution in [0.4, 0.5) is 17.1 Å². The van der Waals surface area contributed by atoms with Gasteiger partial charge in [-0.05, 0) is 67.1 Å². The van der Waals surface area contributed by atoms with Crippen molar-refractivity contribution in [3.8, 4) is 0 Å². The molecule has 1 nitrogen and oxygen atoms in total. The summed E-state index contributed by atoms with van der Waals surface area (Å²) >= 11 is 0. The summed E-state index contributed by atoms with van der Waals surface area (Å²) in [5, 5.41) is 0. The number of hydrogen-bond donors (Lipinski definition) is 0. The first-order valence-electron chi connectivity index (χ1n) is 9.31. The van der Waals surface area contributed by atoms with Gasteiger partial charge in [-0.2, -0.15) is 0 Å². The van der Waals surface area contributed by atoms with E-state index >= 15 is 0 Å². The van der Waals surface area contributed by atoms with Crippen LogP contribution < -0.4 is 4.90 Å². The second kappa shape index (κ2) is 6.99. The van der Waals surface area contributed by atoms with E-state index in [2.05, 4.69) is 113 Å². The largest absolute Gasteiger partial charge is 0.310 e. The zero-order valence-corrected chi connectivity index (χ0v) is 16.8. The molecule has 0 bridgehead atoms. The highest BCUT2D eigenvalue weighted by Gasteiger charge is 2.20. The van der Waals surface area contributed by atoms with Crippen LogP contribution in [0.1, 0.15) is 43.0 Å². The number of para-hydroxylation sites is 1. The predicted octanol–water partition coefficient (Wildman–Crippen LogP) is 7.38. The SMILES string of the molecule is Cc1ccc(N(c2ccccc2)c2c(C)cc(C(C)(C)C)cc2C)cc1. The van der Waals surface area contributed by atoms with Crippen LogP contribution in [-0.4, -0.2) is 0 Å². The third-order valence-corrected chi connectivity index (χ3v) is 4.89. The molecule has 0 fully saturated rings. The summed E-state index contributed by atoms with van der Waals surface area (Å²) in [6.07, 6.45) is 0. The fraction of sp³-hybridized carbons (Fsp3) is 0.280. The van der Waals surface area contributed by atoms with Crippen molar-refractivity contribution in [3.63, 3.8) is 0 Å². The first-order chi connectivity index (χ1) is 12.3. The average molecular weight is 344 g/mol. The summed E-state index contributed by atoms with van der Waals surface area (Å²) in [7, 11) is 0. The van der Waals surface area contributed by atoms with Gasteiger partial charge < -0.3 is 4.90 Å². The molecule has 3 aromatic carbocycles. The molecule has 0 unspecified atom stereocenters. The van der Waals surface area contributed by atoms with Crippen molar-refractivity contribution < 1.29 is 0 Å². The fourth-order valence-corrected chi connectivity index (χ4v) is 3.42. The maximum atomic E-state index is 2.37. The summed E-state index contributed by atoms with van der Waals surface area (Å²) in [4.78, 5) is 2.37. The number of rotatable bonds is 3. The summed E-state index contributed by atoms with van der Waals surface area (Å²) in [6.45, 7) is 13.4. The molecule has 0 atom stereocenters. The molecule has 1 heteroatoms. The molecule has 0 amide bonds. The molecule has 0 radical (unpaired) electrons. The van der Waals surface area contributed by atoms with Crippen LogP contribution in [0.5, 0.6) is 0 Å². The Morgan fingerprint density at radius 3 is 1.65 bits per heavy atom. The van der Waals surface area contributed by atoms with Crippen molar-refractivity contribution in [2.75, 3.05) is 4.90 Å². The molecule has 26 heavy (non-hydrogen) atoms. The first kappa shape index (κ1) is 18.3. The van der Waals surface area contributed by atoms with E-state index in [0.29, 0.717) is 0 Å². The lowest BCUT2D eigenvalue weighted by Crippen LogP contribution is -2.16. The molecule has 3 rings (SSSR count). The highest BCUT2D eigenvalue weighted by molar-refractivity contribution is 5.80. The summed E-state index contributed by atoms with van der Waals surface area (Å²) in [6, 6.07) is 24.1. The Bertz CT molecular complexity index is 861. The van der Waals surface area contributed by atoms with E-state index in [1.54, 1.807) is 0 Å². The fourth-order valence-electron chi connectivity index (χ4n) is 3.42. The van der Waals surface area contributed by atoms with Crippen LogP contribution in [0.2, 0.25) is 0 Å². The van der Waals surface area contributed by atoms with E-state index in [0.717, 1.165) is 0 Å². The minimum Gasteiger partial charge on any atom is -0.310 e. The van der Waals surface area contributed by atoms with Gasteiger partial charge in [-0.15, -0.1) is 0 Å². The second-order valence-electron chi connectivity index (χ2n) is 8.22. The Morgan fingerprint density at radius 1 is 0.654 bits per heavy atom. The highest BCUT2D eigenvalue weighted by atomic mass is 15.1. The number of aryl methyl sites for hydroxylation is 3. The Hall–Kier alpha value is -2.54. The molecule has 0 aliphatic carbocycles.